The number of nitrogens with one attached hydrogen (secondary N) is 1. The Morgan fingerprint density at radius 3 is 2.43 bits per heavy atom. The molecule has 0 aromatic carbocycles. The van der Waals surface area contributed by atoms with Gasteiger partial charge in [0.25, 0.3) is 0 Å². The highest BCUT2D eigenvalue weighted by Gasteiger charge is 2.43. The summed E-state index contributed by atoms with van der Waals surface area (Å²) in [6.45, 7) is 3.37. The van der Waals surface area contributed by atoms with Gasteiger partial charge in [0.05, 0.1) is 4.99 Å². The van der Waals surface area contributed by atoms with Crippen LogP contribution in [0.15, 0.2) is 0 Å². The van der Waals surface area contributed by atoms with Crippen LogP contribution in [0.5, 0.6) is 0 Å². The number of carbonyl (C=O) groups is 1. The number of carbonyl (C=O) groups excluding carboxylic acids is 1. The molecule has 1 amide bonds. The van der Waals surface area contributed by atoms with Crippen LogP contribution < -0.4 is 11.1 Å². The van der Waals surface area contributed by atoms with Crippen LogP contribution in [0.4, 0.5) is 0 Å². The first kappa shape index (κ1) is 16.7. The molecule has 3 N–H and O–H groups in total. The molecule has 5 heteroatoms. The highest BCUT2D eigenvalue weighted by atomic mass is 32.1. The lowest BCUT2D eigenvalue weighted by atomic mass is 9.78. The van der Waals surface area contributed by atoms with E-state index < -0.39 is 5.41 Å². The van der Waals surface area contributed by atoms with Crippen molar-refractivity contribution in [2.45, 2.75) is 64.3 Å². The van der Waals surface area contributed by atoms with E-state index in [0.717, 1.165) is 18.8 Å². The minimum absolute atomic E-state index is 0.0252. The summed E-state index contributed by atoms with van der Waals surface area (Å²) in [5, 5.41) is 3.21. The van der Waals surface area contributed by atoms with Crippen molar-refractivity contribution in [1.82, 2.24) is 5.32 Å². The second-order valence-electron chi connectivity index (χ2n) is 6.54. The van der Waals surface area contributed by atoms with Crippen molar-refractivity contribution in [2.75, 3.05) is 13.2 Å². The summed E-state index contributed by atoms with van der Waals surface area (Å²) in [5.41, 5.74) is 5.20. The van der Waals surface area contributed by atoms with Gasteiger partial charge in [-0.2, -0.15) is 0 Å². The summed E-state index contributed by atoms with van der Waals surface area (Å²) in [6.07, 6.45) is 8.41. The zero-order chi connectivity index (χ0) is 15.3. The van der Waals surface area contributed by atoms with Crippen molar-refractivity contribution in [3.63, 3.8) is 0 Å². The fourth-order valence-corrected chi connectivity index (χ4v) is 3.93. The Kier molecular flexibility index (Phi) is 5.99. The van der Waals surface area contributed by atoms with Gasteiger partial charge in [0.2, 0.25) is 5.91 Å². The molecule has 0 radical (unpaired) electrons. The molecule has 1 saturated carbocycles. The fraction of sp³-hybridized carbons (Fsp3) is 0.875. The Morgan fingerprint density at radius 1 is 1.29 bits per heavy atom. The van der Waals surface area contributed by atoms with Gasteiger partial charge in [-0.3, -0.25) is 4.79 Å². The number of thiocarbonyl (C=S) groups is 1. The Hall–Kier alpha value is -0.680. The fourth-order valence-electron chi connectivity index (χ4n) is 3.63. The predicted molar refractivity (Wildman–Crippen MR) is 88.1 cm³/mol. The molecule has 0 unspecified atom stereocenters. The third-order valence-corrected chi connectivity index (χ3v) is 5.52. The van der Waals surface area contributed by atoms with Gasteiger partial charge in [0.1, 0.15) is 5.41 Å². The highest BCUT2D eigenvalue weighted by molar-refractivity contribution is 7.80. The van der Waals surface area contributed by atoms with Gasteiger partial charge in [0.15, 0.2) is 0 Å². The molecule has 0 aromatic heterocycles. The van der Waals surface area contributed by atoms with E-state index in [9.17, 15) is 4.79 Å². The largest absolute Gasteiger partial charge is 0.392 e. The lowest BCUT2D eigenvalue weighted by Gasteiger charge is -2.37. The average Bonchev–Trinajstić information content (AvgIpc) is 2.50. The van der Waals surface area contributed by atoms with Crippen molar-refractivity contribution in [3.8, 4) is 0 Å². The molecule has 0 aromatic rings. The summed E-state index contributed by atoms with van der Waals surface area (Å²) in [6, 6.07) is 0.291. The van der Waals surface area contributed by atoms with Crippen LogP contribution in [0.25, 0.3) is 0 Å². The maximum absolute atomic E-state index is 12.7. The van der Waals surface area contributed by atoms with E-state index in [0.29, 0.717) is 37.1 Å². The van der Waals surface area contributed by atoms with Crippen LogP contribution in [0.1, 0.15) is 58.3 Å². The summed E-state index contributed by atoms with van der Waals surface area (Å²) in [4.78, 5) is 13.0. The molecule has 4 nitrogen and oxygen atoms in total. The van der Waals surface area contributed by atoms with E-state index in [4.69, 9.17) is 22.7 Å². The third kappa shape index (κ3) is 3.95. The summed E-state index contributed by atoms with van der Waals surface area (Å²) in [5.74, 6) is 0.869. The Balaban J connectivity index is 1.90. The van der Waals surface area contributed by atoms with Gasteiger partial charge in [-0.05, 0) is 44.4 Å². The quantitative estimate of drug-likeness (QED) is 0.766. The molecule has 1 aliphatic carbocycles. The second kappa shape index (κ2) is 7.54. The Labute approximate surface area is 133 Å². The van der Waals surface area contributed by atoms with Crippen LogP contribution in [-0.2, 0) is 9.53 Å². The molecule has 0 spiro atoms. The molecule has 2 fully saturated rings. The minimum atomic E-state index is -0.687. The van der Waals surface area contributed by atoms with Crippen molar-refractivity contribution in [1.29, 1.82) is 0 Å². The van der Waals surface area contributed by atoms with Gasteiger partial charge in [0, 0.05) is 19.3 Å². The van der Waals surface area contributed by atoms with E-state index in [1.165, 1.54) is 25.7 Å². The Morgan fingerprint density at radius 2 is 1.90 bits per heavy atom. The molecule has 120 valence electrons. The topological polar surface area (TPSA) is 64.4 Å². The van der Waals surface area contributed by atoms with Crippen LogP contribution in [0.2, 0.25) is 0 Å². The lowest BCUT2D eigenvalue weighted by Crippen LogP contribution is -2.54. The monoisotopic (exact) mass is 312 g/mol. The number of hydrogen-bond donors (Lipinski definition) is 2. The third-order valence-electron chi connectivity index (χ3n) is 5.13. The van der Waals surface area contributed by atoms with Crippen molar-refractivity contribution >= 4 is 23.1 Å². The maximum Gasteiger partial charge on any atom is 0.233 e. The molecule has 0 bridgehead atoms. The second-order valence-corrected chi connectivity index (χ2v) is 6.98. The molecule has 1 saturated heterocycles. The number of rotatable bonds is 5. The van der Waals surface area contributed by atoms with E-state index in [-0.39, 0.29) is 5.91 Å². The molecule has 2 aliphatic rings. The first-order valence-corrected chi connectivity index (χ1v) is 8.68. The van der Waals surface area contributed by atoms with Gasteiger partial charge in [-0.25, -0.2) is 0 Å². The van der Waals surface area contributed by atoms with E-state index in [2.05, 4.69) is 12.2 Å². The number of nitrogens with two attached hydrogens (primary N) is 1. The van der Waals surface area contributed by atoms with E-state index >= 15 is 0 Å². The first-order valence-electron chi connectivity index (χ1n) is 8.27. The number of amides is 1. The summed E-state index contributed by atoms with van der Waals surface area (Å²) >= 11 is 5.19. The van der Waals surface area contributed by atoms with E-state index in [1.54, 1.807) is 0 Å². The average molecular weight is 312 g/mol. The minimum Gasteiger partial charge on any atom is -0.392 e. The van der Waals surface area contributed by atoms with Crippen molar-refractivity contribution in [3.05, 3.63) is 0 Å². The van der Waals surface area contributed by atoms with Crippen molar-refractivity contribution < 1.29 is 9.53 Å². The summed E-state index contributed by atoms with van der Waals surface area (Å²) in [7, 11) is 0. The smallest absolute Gasteiger partial charge is 0.233 e. The van der Waals surface area contributed by atoms with Crippen LogP contribution >= 0.6 is 12.2 Å². The first-order chi connectivity index (χ1) is 10.1. The Bertz CT molecular complexity index is 372. The molecule has 1 heterocycles. The number of ether oxygens (including phenoxy) is 1. The van der Waals surface area contributed by atoms with Crippen LogP contribution in [0.3, 0.4) is 0 Å². The molecule has 1 aliphatic heterocycles. The molecule has 21 heavy (non-hydrogen) atoms. The normalized spacial score (nSPS) is 28.8. The highest BCUT2D eigenvalue weighted by Crippen LogP contribution is 2.33. The van der Waals surface area contributed by atoms with Gasteiger partial charge < -0.3 is 15.8 Å². The van der Waals surface area contributed by atoms with Gasteiger partial charge in [-0.1, -0.05) is 32.0 Å². The van der Waals surface area contributed by atoms with E-state index in [1.807, 2.05) is 0 Å². The standard InChI is InChI=1S/C16H28N2O2S/c1-2-3-12-4-6-13(7-5-12)18-15(19)16(14(17)21)8-10-20-11-9-16/h12-13H,2-11H2,1H3,(H2,17,21)(H,18,19). The summed E-state index contributed by atoms with van der Waals surface area (Å²) < 4.78 is 5.36. The SMILES string of the molecule is CCCC1CCC(NC(=O)C2(C(N)=S)CCOCC2)CC1. The van der Waals surface area contributed by atoms with Crippen molar-refractivity contribution in [2.24, 2.45) is 17.1 Å². The molecule has 0 atom stereocenters. The number of hydrogen-bond acceptors (Lipinski definition) is 3. The zero-order valence-electron chi connectivity index (χ0n) is 13.0. The van der Waals surface area contributed by atoms with Crippen LogP contribution in [-0.4, -0.2) is 30.2 Å². The molecule has 2 rings (SSSR count). The van der Waals surface area contributed by atoms with Crippen LogP contribution in [0, 0.1) is 11.3 Å². The predicted octanol–water partition coefficient (Wildman–Crippen LogP) is 2.54. The molecular weight excluding hydrogens is 284 g/mol. The van der Waals surface area contributed by atoms with Gasteiger partial charge >= 0.3 is 0 Å². The maximum atomic E-state index is 12.7. The van der Waals surface area contributed by atoms with Gasteiger partial charge in [-0.15, -0.1) is 0 Å². The lowest BCUT2D eigenvalue weighted by molar-refractivity contribution is -0.132. The molecular formula is C16H28N2O2S. The zero-order valence-corrected chi connectivity index (χ0v) is 13.8.